The van der Waals surface area contributed by atoms with Crippen molar-refractivity contribution in [3.05, 3.63) is 88.4 Å². The maximum Gasteiger partial charge on any atom is 0.261 e. The van der Waals surface area contributed by atoms with E-state index >= 15 is 0 Å². The topological polar surface area (TPSA) is 66.5 Å². The standard InChI is InChI=1S/C23H21ClN2O3S/c1-15-7-10-19(11-8-15)30(28,29)25-18-9-12-21(24)20(14-18)23(27)26-16(2)13-17-5-3-4-6-22(17)26/h3-12,14,16,25H,13H2,1-2H3/t16-/m0/s1. The van der Waals surface area contributed by atoms with Crippen molar-refractivity contribution in [2.75, 3.05) is 9.62 Å². The first-order valence-electron chi connectivity index (χ1n) is 9.57. The molecule has 154 valence electrons. The number of benzene rings is 3. The summed E-state index contributed by atoms with van der Waals surface area (Å²) in [6.45, 7) is 3.87. The van der Waals surface area contributed by atoms with E-state index in [1.165, 1.54) is 12.1 Å². The number of carbonyl (C=O) groups excluding carboxylic acids is 1. The fourth-order valence-corrected chi connectivity index (χ4v) is 4.94. The van der Waals surface area contributed by atoms with Crippen molar-refractivity contribution >= 4 is 38.9 Å². The largest absolute Gasteiger partial charge is 0.305 e. The van der Waals surface area contributed by atoms with Gasteiger partial charge in [0.2, 0.25) is 0 Å². The molecule has 0 aromatic heterocycles. The first-order chi connectivity index (χ1) is 14.3. The van der Waals surface area contributed by atoms with Gasteiger partial charge in [-0.15, -0.1) is 0 Å². The van der Waals surface area contributed by atoms with Gasteiger partial charge in [-0.1, -0.05) is 47.5 Å². The fraction of sp³-hybridized carbons (Fsp3) is 0.174. The van der Waals surface area contributed by atoms with Gasteiger partial charge in [0.25, 0.3) is 15.9 Å². The van der Waals surface area contributed by atoms with Crippen LogP contribution in [0.5, 0.6) is 0 Å². The molecule has 1 amide bonds. The highest BCUT2D eigenvalue weighted by molar-refractivity contribution is 7.92. The molecule has 0 spiro atoms. The number of aryl methyl sites for hydroxylation is 1. The van der Waals surface area contributed by atoms with Crippen LogP contribution in [0.1, 0.15) is 28.4 Å². The van der Waals surface area contributed by atoms with E-state index in [2.05, 4.69) is 4.72 Å². The van der Waals surface area contributed by atoms with E-state index in [0.717, 1.165) is 23.2 Å². The monoisotopic (exact) mass is 440 g/mol. The van der Waals surface area contributed by atoms with Crippen LogP contribution in [0.25, 0.3) is 0 Å². The Morgan fingerprint density at radius 1 is 1.07 bits per heavy atom. The third kappa shape index (κ3) is 3.80. The molecular weight excluding hydrogens is 420 g/mol. The second-order valence-corrected chi connectivity index (χ2v) is 9.56. The molecule has 0 aliphatic carbocycles. The molecule has 4 rings (SSSR count). The Balaban J connectivity index is 1.66. The lowest BCUT2D eigenvalue weighted by Crippen LogP contribution is -2.36. The van der Waals surface area contributed by atoms with Gasteiger partial charge in [0.15, 0.2) is 0 Å². The predicted molar refractivity (Wildman–Crippen MR) is 120 cm³/mol. The van der Waals surface area contributed by atoms with Gasteiger partial charge in [-0.05, 0) is 62.2 Å². The summed E-state index contributed by atoms with van der Waals surface area (Å²) in [6, 6.07) is 18.9. The molecule has 3 aromatic carbocycles. The zero-order valence-corrected chi connectivity index (χ0v) is 18.2. The lowest BCUT2D eigenvalue weighted by Gasteiger charge is -2.23. The van der Waals surface area contributed by atoms with E-state index in [1.54, 1.807) is 35.2 Å². The number of hydrogen-bond acceptors (Lipinski definition) is 3. The molecule has 1 N–H and O–H groups in total. The summed E-state index contributed by atoms with van der Waals surface area (Å²) in [4.78, 5) is 15.2. The third-order valence-electron chi connectivity index (χ3n) is 5.21. The van der Waals surface area contributed by atoms with Crippen LogP contribution in [0.15, 0.2) is 71.6 Å². The van der Waals surface area contributed by atoms with Gasteiger partial charge in [-0.2, -0.15) is 0 Å². The van der Waals surface area contributed by atoms with Crippen molar-refractivity contribution < 1.29 is 13.2 Å². The van der Waals surface area contributed by atoms with Gasteiger partial charge in [-0.25, -0.2) is 8.42 Å². The molecular formula is C23H21ClN2O3S. The molecule has 1 heterocycles. The molecule has 0 radical (unpaired) electrons. The average molecular weight is 441 g/mol. The molecule has 3 aromatic rings. The number of halogens is 1. The van der Waals surface area contributed by atoms with Crippen molar-refractivity contribution in [1.29, 1.82) is 0 Å². The number of amides is 1. The summed E-state index contributed by atoms with van der Waals surface area (Å²) in [6.07, 6.45) is 0.763. The Bertz CT molecular complexity index is 1220. The first kappa shape index (κ1) is 20.4. The maximum atomic E-state index is 13.3. The lowest BCUT2D eigenvalue weighted by atomic mass is 10.1. The Morgan fingerprint density at radius 2 is 1.77 bits per heavy atom. The van der Waals surface area contributed by atoms with Crippen molar-refractivity contribution in [1.82, 2.24) is 0 Å². The van der Waals surface area contributed by atoms with Crippen molar-refractivity contribution in [2.24, 2.45) is 0 Å². The smallest absolute Gasteiger partial charge is 0.261 e. The minimum absolute atomic E-state index is 0.0149. The van der Waals surface area contributed by atoms with E-state index in [4.69, 9.17) is 11.6 Å². The van der Waals surface area contributed by atoms with E-state index in [1.807, 2.05) is 38.1 Å². The van der Waals surface area contributed by atoms with Crippen LogP contribution in [-0.4, -0.2) is 20.4 Å². The van der Waals surface area contributed by atoms with Crippen LogP contribution in [-0.2, 0) is 16.4 Å². The molecule has 0 fully saturated rings. The van der Waals surface area contributed by atoms with E-state index in [0.29, 0.717) is 0 Å². The molecule has 0 saturated heterocycles. The summed E-state index contributed by atoms with van der Waals surface area (Å²) in [5, 5.41) is 0.273. The van der Waals surface area contributed by atoms with Gasteiger partial charge in [-0.3, -0.25) is 9.52 Å². The number of hydrogen-bond donors (Lipinski definition) is 1. The van der Waals surface area contributed by atoms with Crippen molar-refractivity contribution in [2.45, 2.75) is 31.2 Å². The van der Waals surface area contributed by atoms with Crippen LogP contribution < -0.4 is 9.62 Å². The first-order valence-corrected chi connectivity index (χ1v) is 11.4. The van der Waals surface area contributed by atoms with Gasteiger partial charge < -0.3 is 4.90 Å². The molecule has 0 bridgehead atoms. The number of rotatable bonds is 4. The summed E-state index contributed by atoms with van der Waals surface area (Å²) in [7, 11) is -3.78. The van der Waals surface area contributed by atoms with Crippen molar-refractivity contribution in [3.63, 3.8) is 0 Å². The number of para-hydroxylation sites is 1. The van der Waals surface area contributed by atoms with Gasteiger partial charge >= 0.3 is 0 Å². The van der Waals surface area contributed by atoms with Gasteiger partial charge in [0.1, 0.15) is 0 Å². The van der Waals surface area contributed by atoms with Gasteiger partial charge in [0, 0.05) is 17.4 Å². The Morgan fingerprint density at radius 3 is 2.50 bits per heavy atom. The zero-order chi connectivity index (χ0) is 21.5. The molecule has 5 nitrogen and oxygen atoms in total. The van der Waals surface area contributed by atoms with Gasteiger partial charge in [0.05, 0.1) is 15.5 Å². The normalized spacial score (nSPS) is 15.7. The van der Waals surface area contributed by atoms with Crippen molar-refractivity contribution in [3.8, 4) is 0 Å². The van der Waals surface area contributed by atoms with E-state index in [-0.39, 0.29) is 33.1 Å². The highest BCUT2D eigenvalue weighted by atomic mass is 35.5. The van der Waals surface area contributed by atoms with Crippen LogP contribution in [0, 0.1) is 6.92 Å². The SMILES string of the molecule is Cc1ccc(S(=O)(=O)Nc2ccc(Cl)c(C(=O)N3c4ccccc4C[C@@H]3C)c2)cc1. The number of nitrogens with zero attached hydrogens (tertiary/aromatic N) is 1. The number of sulfonamides is 1. The predicted octanol–water partition coefficient (Wildman–Crippen LogP) is 5.04. The second-order valence-electron chi connectivity index (χ2n) is 7.47. The summed E-state index contributed by atoms with van der Waals surface area (Å²) in [5.41, 5.74) is 3.46. The van der Waals surface area contributed by atoms with E-state index in [9.17, 15) is 13.2 Å². The molecule has 0 unspecified atom stereocenters. The number of fused-ring (bicyclic) bond motifs is 1. The lowest BCUT2D eigenvalue weighted by molar-refractivity contribution is 0.0981. The minimum atomic E-state index is -3.78. The Kier molecular flexibility index (Phi) is 5.30. The molecule has 1 aliphatic heterocycles. The molecule has 7 heteroatoms. The molecule has 1 aliphatic rings. The number of anilines is 2. The second kappa shape index (κ2) is 7.78. The highest BCUT2D eigenvalue weighted by Gasteiger charge is 2.32. The molecule has 1 atom stereocenters. The van der Waals surface area contributed by atoms with Crippen LogP contribution in [0.2, 0.25) is 5.02 Å². The van der Waals surface area contributed by atoms with Crippen LogP contribution >= 0.6 is 11.6 Å². The maximum absolute atomic E-state index is 13.3. The Hall–Kier alpha value is -2.83. The zero-order valence-electron chi connectivity index (χ0n) is 16.6. The molecule has 30 heavy (non-hydrogen) atoms. The minimum Gasteiger partial charge on any atom is -0.305 e. The Labute approximate surface area is 181 Å². The molecule has 0 saturated carbocycles. The summed E-state index contributed by atoms with van der Waals surface area (Å²) in [5.74, 6) is -0.256. The number of carbonyl (C=O) groups is 1. The van der Waals surface area contributed by atoms with Crippen LogP contribution in [0.4, 0.5) is 11.4 Å². The summed E-state index contributed by atoms with van der Waals surface area (Å²) < 4.78 is 28.0. The number of nitrogens with one attached hydrogen (secondary N) is 1. The summed E-state index contributed by atoms with van der Waals surface area (Å²) >= 11 is 6.33. The van der Waals surface area contributed by atoms with Crippen LogP contribution in [0.3, 0.4) is 0 Å². The van der Waals surface area contributed by atoms with E-state index < -0.39 is 10.0 Å². The average Bonchev–Trinajstić information content (AvgIpc) is 3.04. The quantitative estimate of drug-likeness (QED) is 0.618. The third-order valence-corrected chi connectivity index (χ3v) is 6.93. The highest BCUT2D eigenvalue weighted by Crippen LogP contribution is 2.34. The fourth-order valence-electron chi connectivity index (χ4n) is 3.69.